The standard InChI is InChI=1S/C11H16N2O/c1-8-10(5-6-14-8)7-13(2)11(12)9-3-4-9/h5-6,9,12H,3-4,7H2,1-2H3. The number of furan rings is 1. The lowest BCUT2D eigenvalue weighted by molar-refractivity contribution is 0.467. The largest absolute Gasteiger partial charge is 0.469 e. The molecule has 0 radical (unpaired) electrons. The molecule has 3 heteroatoms. The molecule has 1 aromatic rings. The third-order valence-corrected chi connectivity index (χ3v) is 2.75. The maximum absolute atomic E-state index is 7.88. The summed E-state index contributed by atoms with van der Waals surface area (Å²) in [5.41, 5.74) is 1.18. The molecule has 0 bridgehead atoms. The van der Waals surface area contributed by atoms with Crippen molar-refractivity contribution in [1.29, 1.82) is 5.41 Å². The fourth-order valence-corrected chi connectivity index (χ4v) is 1.58. The minimum absolute atomic E-state index is 0.521. The first-order valence-corrected chi connectivity index (χ1v) is 5.01. The second-order valence-electron chi connectivity index (χ2n) is 4.02. The van der Waals surface area contributed by atoms with Gasteiger partial charge in [0, 0.05) is 25.1 Å². The summed E-state index contributed by atoms with van der Waals surface area (Å²) in [5, 5.41) is 7.88. The molecule has 1 aliphatic rings. The summed E-state index contributed by atoms with van der Waals surface area (Å²) in [5.74, 6) is 2.25. The highest BCUT2D eigenvalue weighted by atomic mass is 16.3. The Bertz CT molecular complexity index is 339. The number of hydrogen-bond acceptors (Lipinski definition) is 2. The van der Waals surface area contributed by atoms with E-state index in [1.165, 1.54) is 18.4 Å². The predicted molar refractivity (Wildman–Crippen MR) is 55.4 cm³/mol. The second kappa shape index (κ2) is 3.48. The summed E-state index contributed by atoms with van der Waals surface area (Å²) >= 11 is 0. The Morgan fingerprint density at radius 2 is 2.36 bits per heavy atom. The Balaban J connectivity index is 1.96. The molecule has 1 heterocycles. The fourth-order valence-electron chi connectivity index (χ4n) is 1.58. The van der Waals surface area contributed by atoms with E-state index in [1.54, 1.807) is 6.26 Å². The van der Waals surface area contributed by atoms with E-state index < -0.39 is 0 Å². The maximum atomic E-state index is 7.88. The zero-order valence-electron chi connectivity index (χ0n) is 8.71. The zero-order chi connectivity index (χ0) is 10.1. The van der Waals surface area contributed by atoms with Gasteiger partial charge in [0.05, 0.1) is 12.1 Å². The third kappa shape index (κ3) is 1.81. The van der Waals surface area contributed by atoms with Crippen LogP contribution in [0.15, 0.2) is 16.7 Å². The van der Waals surface area contributed by atoms with E-state index in [0.717, 1.165) is 18.1 Å². The fraction of sp³-hybridized carbons (Fsp3) is 0.545. The van der Waals surface area contributed by atoms with Crippen LogP contribution in [-0.2, 0) is 6.54 Å². The monoisotopic (exact) mass is 192 g/mol. The molecule has 1 saturated carbocycles. The van der Waals surface area contributed by atoms with E-state index in [0.29, 0.717) is 5.92 Å². The molecular formula is C11H16N2O. The highest BCUT2D eigenvalue weighted by Gasteiger charge is 2.28. The number of nitrogens with zero attached hydrogens (tertiary/aromatic N) is 1. The van der Waals surface area contributed by atoms with Crippen molar-refractivity contribution < 1.29 is 4.42 Å². The lowest BCUT2D eigenvalue weighted by Crippen LogP contribution is -2.26. The molecule has 1 aromatic heterocycles. The molecule has 1 fully saturated rings. The lowest BCUT2D eigenvalue weighted by Gasteiger charge is -2.19. The van der Waals surface area contributed by atoms with E-state index in [2.05, 4.69) is 0 Å². The molecule has 0 saturated heterocycles. The molecule has 0 spiro atoms. The average molecular weight is 192 g/mol. The van der Waals surface area contributed by atoms with Crippen molar-refractivity contribution in [3.8, 4) is 0 Å². The van der Waals surface area contributed by atoms with Crippen molar-refractivity contribution in [1.82, 2.24) is 4.90 Å². The number of hydrogen-bond donors (Lipinski definition) is 1. The summed E-state index contributed by atoms with van der Waals surface area (Å²) in [6.45, 7) is 2.75. The summed E-state index contributed by atoms with van der Waals surface area (Å²) in [4.78, 5) is 2.01. The lowest BCUT2D eigenvalue weighted by atomic mass is 10.2. The van der Waals surface area contributed by atoms with Gasteiger partial charge in [0.15, 0.2) is 0 Å². The van der Waals surface area contributed by atoms with Crippen molar-refractivity contribution in [2.75, 3.05) is 7.05 Å². The molecule has 0 aromatic carbocycles. The van der Waals surface area contributed by atoms with Gasteiger partial charge in [-0.05, 0) is 25.8 Å². The van der Waals surface area contributed by atoms with E-state index in [-0.39, 0.29) is 0 Å². The summed E-state index contributed by atoms with van der Waals surface area (Å²) in [7, 11) is 1.98. The first-order chi connectivity index (χ1) is 6.68. The molecule has 2 rings (SSSR count). The number of aryl methyl sites for hydroxylation is 1. The minimum Gasteiger partial charge on any atom is -0.469 e. The normalized spacial score (nSPS) is 15.6. The molecule has 1 aliphatic carbocycles. The number of nitrogens with one attached hydrogen (secondary N) is 1. The van der Waals surface area contributed by atoms with Crippen LogP contribution in [0, 0.1) is 18.3 Å². The van der Waals surface area contributed by atoms with Crippen LogP contribution < -0.4 is 0 Å². The molecule has 0 amide bonds. The maximum Gasteiger partial charge on any atom is 0.105 e. The van der Waals surface area contributed by atoms with Crippen molar-refractivity contribution >= 4 is 5.84 Å². The van der Waals surface area contributed by atoms with Crippen LogP contribution in [0.2, 0.25) is 0 Å². The Hall–Kier alpha value is -1.25. The Labute approximate surface area is 84.2 Å². The molecule has 0 atom stereocenters. The van der Waals surface area contributed by atoms with E-state index >= 15 is 0 Å². The Kier molecular flexibility index (Phi) is 2.32. The van der Waals surface area contributed by atoms with E-state index in [4.69, 9.17) is 9.83 Å². The third-order valence-electron chi connectivity index (χ3n) is 2.75. The Morgan fingerprint density at radius 3 is 2.86 bits per heavy atom. The molecule has 76 valence electrons. The smallest absolute Gasteiger partial charge is 0.105 e. The highest BCUT2D eigenvalue weighted by Crippen LogP contribution is 2.31. The topological polar surface area (TPSA) is 40.2 Å². The molecule has 1 N–H and O–H groups in total. The van der Waals surface area contributed by atoms with Crippen LogP contribution in [-0.4, -0.2) is 17.8 Å². The van der Waals surface area contributed by atoms with E-state index in [9.17, 15) is 0 Å². The Morgan fingerprint density at radius 1 is 1.64 bits per heavy atom. The first-order valence-electron chi connectivity index (χ1n) is 5.01. The van der Waals surface area contributed by atoms with Gasteiger partial charge in [-0.2, -0.15) is 0 Å². The zero-order valence-corrected chi connectivity index (χ0v) is 8.71. The van der Waals surface area contributed by atoms with Crippen molar-refractivity contribution in [2.45, 2.75) is 26.3 Å². The van der Waals surface area contributed by atoms with Gasteiger partial charge in [0.1, 0.15) is 5.76 Å². The van der Waals surface area contributed by atoms with Gasteiger partial charge in [-0.1, -0.05) is 0 Å². The van der Waals surface area contributed by atoms with Crippen molar-refractivity contribution in [2.24, 2.45) is 5.92 Å². The van der Waals surface area contributed by atoms with Crippen LogP contribution in [0.25, 0.3) is 0 Å². The van der Waals surface area contributed by atoms with Crippen LogP contribution >= 0.6 is 0 Å². The average Bonchev–Trinajstić information content (AvgIpc) is 2.92. The highest BCUT2D eigenvalue weighted by molar-refractivity contribution is 5.83. The molecule has 0 unspecified atom stereocenters. The predicted octanol–water partition coefficient (Wildman–Crippen LogP) is 2.41. The summed E-state index contributed by atoms with van der Waals surface area (Å²) < 4.78 is 5.22. The SMILES string of the molecule is Cc1occc1CN(C)C(=N)C1CC1. The second-order valence-corrected chi connectivity index (χ2v) is 4.02. The quantitative estimate of drug-likeness (QED) is 0.590. The van der Waals surface area contributed by atoms with Crippen LogP contribution in [0.5, 0.6) is 0 Å². The van der Waals surface area contributed by atoms with E-state index in [1.807, 2.05) is 24.9 Å². The van der Waals surface area contributed by atoms with Crippen LogP contribution in [0.1, 0.15) is 24.2 Å². The summed E-state index contributed by atoms with van der Waals surface area (Å²) in [6, 6.07) is 1.98. The van der Waals surface area contributed by atoms with Crippen LogP contribution in [0.3, 0.4) is 0 Å². The summed E-state index contributed by atoms with van der Waals surface area (Å²) in [6.07, 6.45) is 4.08. The minimum atomic E-state index is 0.521. The number of rotatable bonds is 3. The molecule has 3 nitrogen and oxygen atoms in total. The van der Waals surface area contributed by atoms with Gasteiger partial charge < -0.3 is 9.32 Å². The molecule has 0 aliphatic heterocycles. The molecule has 14 heavy (non-hydrogen) atoms. The first kappa shape index (κ1) is 9.31. The van der Waals surface area contributed by atoms with Gasteiger partial charge in [-0.25, -0.2) is 0 Å². The van der Waals surface area contributed by atoms with Gasteiger partial charge in [0.25, 0.3) is 0 Å². The van der Waals surface area contributed by atoms with Crippen LogP contribution in [0.4, 0.5) is 0 Å². The van der Waals surface area contributed by atoms with Gasteiger partial charge in [0.2, 0.25) is 0 Å². The van der Waals surface area contributed by atoms with Gasteiger partial charge in [-0.3, -0.25) is 5.41 Å². The molecular weight excluding hydrogens is 176 g/mol. The van der Waals surface area contributed by atoms with Crippen molar-refractivity contribution in [3.05, 3.63) is 23.7 Å². The van der Waals surface area contributed by atoms with Gasteiger partial charge in [-0.15, -0.1) is 0 Å². The van der Waals surface area contributed by atoms with Crippen molar-refractivity contribution in [3.63, 3.8) is 0 Å². The number of amidine groups is 1. The van der Waals surface area contributed by atoms with Gasteiger partial charge >= 0.3 is 0 Å².